The van der Waals surface area contributed by atoms with Gasteiger partial charge in [0.05, 0.1) is 0 Å². The summed E-state index contributed by atoms with van der Waals surface area (Å²) in [7, 11) is 0. The Kier molecular flexibility index (Phi) is 5.48. The normalized spacial score (nSPS) is 12.3. The van der Waals surface area contributed by atoms with Crippen molar-refractivity contribution in [2.45, 2.75) is 26.8 Å². The Balaban J connectivity index is 2.45. The lowest BCUT2D eigenvalue weighted by atomic mass is 10.2. The molecule has 3 nitrogen and oxygen atoms in total. The number of nitrogens with one attached hydrogen (secondary N) is 2. The third-order valence-electron chi connectivity index (χ3n) is 2.31. The van der Waals surface area contributed by atoms with Gasteiger partial charge in [0.25, 0.3) is 0 Å². The van der Waals surface area contributed by atoms with Gasteiger partial charge in [0.15, 0.2) is 0 Å². The van der Waals surface area contributed by atoms with Gasteiger partial charge in [-0.05, 0) is 37.1 Å². The first kappa shape index (κ1) is 14.0. The lowest BCUT2D eigenvalue weighted by molar-refractivity contribution is -0.121. The van der Waals surface area contributed by atoms with E-state index in [0.717, 1.165) is 10.2 Å². The molecule has 0 aliphatic carbocycles. The maximum atomic E-state index is 11.7. The van der Waals surface area contributed by atoms with Gasteiger partial charge in [-0.15, -0.1) is 0 Å². The highest BCUT2D eigenvalue weighted by Gasteiger charge is 2.12. The molecule has 1 atom stereocenters. The number of benzene rings is 1. The van der Waals surface area contributed by atoms with E-state index in [0.29, 0.717) is 12.5 Å². The topological polar surface area (TPSA) is 41.1 Å². The molecule has 1 rings (SSSR count). The van der Waals surface area contributed by atoms with E-state index in [2.05, 4.69) is 40.4 Å². The van der Waals surface area contributed by atoms with Crippen LogP contribution in [0.25, 0.3) is 0 Å². The van der Waals surface area contributed by atoms with E-state index >= 15 is 0 Å². The Morgan fingerprint density at radius 3 is 2.35 bits per heavy atom. The van der Waals surface area contributed by atoms with E-state index in [9.17, 15) is 4.79 Å². The minimum absolute atomic E-state index is 0.0293. The number of halogens is 1. The van der Waals surface area contributed by atoms with Gasteiger partial charge < -0.3 is 10.6 Å². The molecule has 0 aliphatic heterocycles. The summed E-state index contributed by atoms with van der Waals surface area (Å²) in [5.74, 6) is 0.500. The van der Waals surface area contributed by atoms with Crippen molar-refractivity contribution in [3.63, 3.8) is 0 Å². The number of carbonyl (C=O) groups is 1. The van der Waals surface area contributed by atoms with Gasteiger partial charge in [0, 0.05) is 16.7 Å². The fraction of sp³-hybridized carbons (Fsp3) is 0.462. The Hall–Kier alpha value is -1.03. The maximum absolute atomic E-state index is 11.7. The second-order valence-electron chi connectivity index (χ2n) is 4.51. The molecule has 0 aliphatic rings. The van der Waals surface area contributed by atoms with Crippen LogP contribution in [0, 0.1) is 5.92 Å². The van der Waals surface area contributed by atoms with E-state index in [1.807, 2.05) is 31.2 Å². The lowest BCUT2D eigenvalue weighted by Gasteiger charge is -2.16. The molecule has 1 aromatic rings. The predicted molar refractivity (Wildman–Crippen MR) is 75.1 cm³/mol. The molecule has 0 fully saturated rings. The number of hydrogen-bond donors (Lipinski definition) is 2. The number of carbonyl (C=O) groups excluding carboxylic acids is 1. The molecular formula is C13H19BrN2O. The third kappa shape index (κ3) is 5.22. The van der Waals surface area contributed by atoms with Crippen LogP contribution in [0.5, 0.6) is 0 Å². The van der Waals surface area contributed by atoms with Crippen LogP contribution in [0.4, 0.5) is 5.69 Å². The van der Waals surface area contributed by atoms with Crippen molar-refractivity contribution in [2.24, 2.45) is 5.92 Å². The zero-order valence-electron chi connectivity index (χ0n) is 10.5. The Morgan fingerprint density at radius 2 is 1.82 bits per heavy atom. The number of anilines is 1. The fourth-order valence-corrected chi connectivity index (χ4v) is 1.58. The summed E-state index contributed by atoms with van der Waals surface area (Å²) in [4.78, 5) is 11.7. The monoisotopic (exact) mass is 298 g/mol. The minimum atomic E-state index is -0.227. The number of rotatable bonds is 5. The molecule has 17 heavy (non-hydrogen) atoms. The average Bonchev–Trinajstić information content (AvgIpc) is 2.28. The SMILES string of the molecule is CC(C)CNC(=O)C(C)Nc1ccc(Br)cc1. The first-order chi connectivity index (χ1) is 7.99. The van der Waals surface area contributed by atoms with Gasteiger partial charge in [0.2, 0.25) is 5.91 Å². The molecule has 1 amide bonds. The summed E-state index contributed by atoms with van der Waals surface area (Å²) < 4.78 is 1.03. The first-order valence-corrected chi connectivity index (χ1v) is 6.58. The van der Waals surface area contributed by atoms with Crippen LogP contribution in [0.2, 0.25) is 0 Å². The minimum Gasteiger partial charge on any atom is -0.374 e. The summed E-state index contributed by atoms with van der Waals surface area (Å²) in [5, 5.41) is 6.06. The standard InChI is InChI=1S/C13H19BrN2O/c1-9(2)8-15-13(17)10(3)16-12-6-4-11(14)5-7-12/h4-7,9-10,16H,8H2,1-3H3,(H,15,17). The highest BCUT2D eigenvalue weighted by atomic mass is 79.9. The summed E-state index contributed by atoms with van der Waals surface area (Å²) in [6.45, 7) is 6.73. The van der Waals surface area contributed by atoms with Crippen molar-refractivity contribution >= 4 is 27.5 Å². The maximum Gasteiger partial charge on any atom is 0.242 e. The second-order valence-corrected chi connectivity index (χ2v) is 5.43. The zero-order valence-corrected chi connectivity index (χ0v) is 12.0. The lowest BCUT2D eigenvalue weighted by Crippen LogP contribution is -2.39. The van der Waals surface area contributed by atoms with E-state index in [1.54, 1.807) is 0 Å². The third-order valence-corrected chi connectivity index (χ3v) is 2.83. The van der Waals surface area contributed by atoms with Gasteiger partial charge in [-0.2, -0.15) is 0 Å². The first-order valence-electron chi connectivity index (χ1n) is 5.79. The quantitative estimate of drug-likeness (QED) is 0.877. The molecule has 1 aromatic carbocycles. The zero-order chi connectivity index (χ0) is 12.8. The van der Waals surface area contributed by atoms with Gasteiger partial charge in [-0.25, -0.2) is 0 Å². The molecule has 0 heterocycles. The highest BCUT2D eigenvalue weighted by Crippen LogP contribution is 2.14. The fourth-order valence-electron chi connectivity index (χ4n) is 1.32. The largest absolute Gasteiger partial charge is 0.374 e. The van der Waals surface area contributed by atoms with Crippen LogP contribution < -0.4 is 10.6 Å². The van der Waals surface area contributed by atoms with Crippen molar-refractivity contribution in [1.29, 1.82) is 0 Å². The van der Waals surface area contributed by atoms with E-state index in [4.69, 9.17) is 0 Å². The Bertz CT molecular complexity index is 362. The van der Waals surface area contributed by atoms with Gasteiger partial charge >= 0.3 is 0 Å². The molecule has 94 valence electrons. The van der Waals surface area contributed by atoms with Crippen LogP contribution in [0.15, 0.2) is 28.7 Å². The van der Waals surface area contributed by atoms with Crippen LogP contribution in [0.1, 0.15) is 20.8 Å². The highest BCUT2D eigenvalue weighted by molar-refractivity contribution is 9.10. The van der Waals surface area contributed by atoms with Gasteiger partial charge in [0.1, 0.15) is 6.04 Å². The van der Waals surface area contributed by atoms with Crippen molar-refractivity contribution in [1.82, 2.24) is 5.32 Å². The van der Waals surface area contributed by atoms with E-state index in [1.165, 1.54) is 0 Å². The molecule has 0 bridgehead atoms. The molecular weight excluding hydrogens is 280 g/mol. The second kappa shape index (κ2) is 6.64. The van der Waals surface area contributed by atoms with Crippen LogP contribution in [0.3, 0.4) is 0 Å². The van der Waals surface area contributed by atoms with Crippen molar-refractivity contribution in [3.8, 4) is 0 Å². The molecule has 0 spiro atoms. The predicted octanol–water partition coefficient (Wildman–Crippen LogP) is 3.02. The average molecular weight is 299 g/mol. The molecule has 1 unspecified atom stereocenters. The molecule has 0 aromatic heterocycles. The summed E-state index contributed by atoms with van der Waals surface area (Å²) >= 11 is 3.37. The number of amides is 1. The molecule has 4 heteroatoms. The number of hydrogen-bond acceptors (Lipinski definition) is 2. The Labute approximate surface area is 111 Å². The van der Waals surface area contributed by atoms with Gasteiger partial charge in [-0.1, -0.05) is 29.8 Å². The van der Waals surface area contributed by atoms with E-state index in [-0.39, 0.29) is 11.9 Å². The Morgan fingerprint density at radius 1 is 1.24 bits per heavy atom. The van der Waals surface area contributed by atoms with E-state index < -0.39 is 0 Å². The summed E-state index contributed by atoms with van der Waals surface area (Å²) in [6.07, 6.45) is 0. The smallest absolute Gasteiger partial charge is 0.242 e. The molecule has 0 saturated carbocycles. The molecule has 2 N–H and O–H groups in total. The molecule has 0 radical (unpaired) electrons. The van der Waals surface area contributed by atoms with Crippen molar-refractivity contribution in [2.75, 3.05) is 11.9 Å². The van der Waals surface area contributed by atoms with Crippen LogP contribution >= 0.6 is 15.9 Å². The van der Waals surface area contributed by atoms with Crippen molar-refractivity contribution < 1.29 is 4.79 Å². The summed E-state index contributed by atoms with van der Waals surface area (Å²) in [5.41, 5.74) is 0.945. The molecule has 0 saturated heterocycles. The summed E-state index contributed by atoms with van der Waals surface area (Å²) in [6, 6.07) is 7.55. The van der Waals surface area contributed by atoms with Gasteiger partial charge in [-0.3, -0.25) is 4.79 Å². The van der Waals surface area contributed by atoms with Crippen LogP contribution in [-0.4, -0.2) is 18.5 Å². The van der Waals surface area contributed by atoms with Crippen molar-refractivity contribution in [3.05, 3.63) is 28.7 Å². The van der Waals surface area contributed by atoms with Crippen LogP contribution in [-0.2, 0) is 4.79 Å².